The molecule has 7 rings (SSSR count). The zero-order valence-electron chi connectivity index (χ0n) is 18.6. The predicted molar refractivity (Wildman–Crippen MR) is 134 cm³/mol. The van der Waals surface area contributed by atoms with Gasteiger partial charge in [-0.2, -0.15) is 0 Å². The Morgan fingerprint density at radius 3 is 1.53 bits per heavy atom. The normalized spacial score (nSPS) is 15.4. The quantitative estimate of drug-likeness (QED) is 0.308. The van der Waals surface area contributed by atoms with Gasteiger partial charge in [0.2, 0.25) is 0 Å². The van der Waals surface area contributed by atoms with E-state index in [1.807, 2.05) is 0 Å². The minimum atomic E-state index is -0.220. The number of benzene rings is 4. The van der Waals surface area contributed by atoms with Crippen molar-refractivity contribution in [3.8, 4) is 22.3 Å². The summed E-state index contributed by atoms with van der Waals surface area (Å²) in [5, 5.41) is 0. The van der Waals surface area contributed by atoms with E-state index in [9.17, 15) is 9.59 Å². The molecule has 0 atom stereocenters. The second-order valence-corrected chi connectivity index (χ2v) is 9.31. The van der Waals surface area contributed by atoms with E-state index in [2.05, 4.69) is 48.5 Å². The first kappa shape index (κ1) is 19.3. The Kier molecular flexibility index (Phi) is 3.92. The number of nitrogens with two attached hydrogens (primary N) is 1. The molecule has 1 aliphatic heterocycles. The monoisotopic (exact) mass is 442 g/mol. The van der Waals surface area contributed by atoms with E-state index in [0.717, 1.165) is 47.9 Å². The van der Waals surface area contributed by atoms with Crippen LogP contribution in [0.15, 0.2) is 72.8 Å². The van der Waals surface area contributed by atoms with E-state index >= 15 is 0 Å². The first-order valence-electron chi connectivity index (χ1n) is 11.8. The molecule has 0 saturated heterocycles. The molecule has 0 bridgehead atoms. The maximum absolute atomic E-state index is 13.9. The van der Waals surface area contributed by atoms with Crippen LogP contribution in [-0.2, 0) is 25.7 Å². The fraction of sp³-hybridized carbons (Fsp3) is 0.133. The second kappa shape index (κ2) is 6.91. The van der Waals surface area contributed by atoms with Crippen molar-refractivity contribution in [2.45, 2.75) is 25.7 Å². The van der Waals surface area contributed by atoms with Crippen LogP contribution in [0.5, 0.6) is 0 Å². The van der Waals surface area contributed by atoms with Gasteiger partial charge in [-0.05, 0) is 94.5 Å². The molecule has 1 heterocycles. The SMILES string of the molecule is Nc1ccc(N2C(=O)c3c4c(c5c(c3C2=O)CCc2ccccc2-5)-c2ccccc2CC4)cc1. The standard InChI is InChI=1S/C30H22N2O2/c31-19-11-13-20(14-12-19)32-29(33)27-23-15-9-17-5-1-3-7-21(17)25(23)26-22-8-4-2-6-18(22)10-16-24(26)28(27)30(32)34/h1-8,11-14H,9-10,15-16,31H2. The van der Waals surface area contributed by atoms with Crippen molar-refractivity contribution in [3.05, 3.63) is 106 Å². The van der Waals surface area contributed by atoms with E-state index < -0.39 is 0 Å². The number of carbonyl (C=O) groups excluding carboxylic acids is 2. The fourth-order valence-electron chi connectivity index (χ4n) is 6.08. The molecular weight excluding hydrogens is 420 g/mol. The van der Waals surface area contributed by atoms with E-state index in [-0.39, 0.29) is 11.8 Å². The van der Waals surface area contributed by atoms with Gasteiger partial charge in [0, 0.05) is 5.69 Å². The van der Waals surface area contributed by atoms with Crippen molar-refractivity contribution < 1.29 is 9.59 Å². The molecule has 164 valence electrons. The molecule has 0 unspecified atom stereocenters. The third-order valence-corrected chi connectivity index (χ3v) is 7.55. The lowest BCUT2D eigenvalue weighted by molar-refractivity contribution is 0.0925. The molecule has 4 nitrogen and oxygen atoms in total. The van der Waals surface area contributed by atoms with Gasteiger partial charge in [0.25, 0.3) is 11.8 Å². The van der Waals surface area contributed by atoms with Crippen LogP contribution < -0.4 is 10.6 Å². The average Bonchev–Trinajstić information content (AvgIpc) is 3.14. The summed E-state index contributed by atoms with van der Waals surface area (Å²) in [5.41, 5.74) is 17.5. The lowest BCUT2D eigenvalue weighted by Crippen LogP contribution is -2.29. The molecule has 3 aliphatic rings. The van der Waals surface area contributed by atoms with E-state index in [1.54, 1.807) is 24.3 Å². The van der Waals surface area contributed by atoms with Gasteiger partial charge >= 0.3 is 0 Å². The van der Waals surface area contributed by atoms with Crippen molar-refractivity contribution in [2.75, 3.05) is 10.6 Å². The molecule has 4 aromatic carbocycles. The number of rotatable bonds is 1. The Labute approximate surface area is 197 Å². The van der Waals surface area contributed by atoms with Gasteiger partial charge < -0.3 is 5.73 Å². The second-order valence-electron chi connectivity index (χ2n) is 9.31. The van der Waals surface area contributed by atoms with Crippen LogP contribution >= 0.6 is 0 Å². The van der Waals surface area contributed by atoms with Crippen molar-refractivity contribution in [1.82, 2.24) is 0 Å². The maximum Gasteiger partial charge on any atom is 0.266 e. The number of carbonyl (C=O) groups is 2. The van der Waals surface area contributed by atoms with Gasteiger partial charge in [0.15, 0.2) is 0 Å². The first-order valence-corrected chi connectivity index (χ1v) is 11.8. The predicted octanol–water partition coefficient (Wildman–Crippen LogP) is 5.60. The molecule has 2 N–H and O–H groups in total. The minimum absolute atomic E-state index is 0.220. The third kappa shape index (κ3) is 2.48. The number of imide groups is 1. The van der Waals surface area contributed by atoms with Gasteiger partial charge in [0.1, 0.15) is 0 Å². The molecule has 2 aliphatic carbocycles. The van der Waals surface area contributed by atoms with Crippen LogP contribution in [0.25, 0.3) is 22.3 Å². The van der Waals surface area contributed by atoms with Crippen LogP contribution in [0, 0.1) is 0 Å². The molecule has 0 radical (unpaired) electrons. The van der Waals surface area contributed by atoms with Gasteiger partial charge in [-0.25, -0.2) is 4.90 Å². The zero-order valence-corrected chi connectivity index (χ0v) is 18.6. The summed E-state index contributed by atoms with van der Waals surface area (Å²) in [6, 6.07) is 23.9. The molecule has 0 aromatic heterocycles. The van der Waals surface area contributed by atoms with Crippen LogP contribution in [-0.4, -0.2) is 11.8 Å². The highest BCUT2D eigenvalue weighted by Gasteiger charge is 2.44. The fourth-order valence-corrected chi connectivity index (χ4v) is 6.08. The molecule has 4 heteroatoms. The Morgan fingerprint density at radius 1 is 0.559 bits per heavy atom. The smallest absolute Gasteiger partial charge is 0.266 e. The number of nitrogens with zero attached hydrogens (tertiary/aromatic N) is 1. The van der Waals surface area contributed by atoms with Gasteiger partial charge in [0.05, 0.1) is 16.8 Å². The molecule has 0 spiro atoms. The summed E-state index contributed by atoms with van der Waals surface area (Å²) in [4.78, 5) is 29.1. The van der Waals surface area contributed by atoms with E-state index in [1.165, 1.54) is 27.2 Å². The van der Waals surface area contributed by atoms with Gasteiger partial charge in [-0.3, -0.25) is 9.59 Å². The van der Waals surface area contributed by atoms with Crippen LogP contribution in [0.1, 0.15) is 43.0 Å². The highest BCUT2D eigenvalue weighted by atomic mass is 16.2. The van der Waals surface area contributed by atoms with Crippen LogP contribution in [0.3, 0.4) is 0 Å². The lowest BCUT2D eigenvalue weighted by Gasteiger charge is -2.30. The van der Waals surface area contributed by atoms with E-state index in [0.29, 0.717) is 22.5 Å². The minimum Gasteiger partial charge on any atom is -0.399 e. The van der Waals surface area contributed by atoms with Crippen molar-refractivity contribution in [3.63, 3.8) is 0 Å². The molecule has 2 amide bonds. The number of nitrogen functional groups attached to an aromatic ring is 1. The molecule has 0 fully saturated rings. The van der Waals surface area contributed by atoms with Gasteiger partial charge in [-0.15, -0.1) is 0 Å². The number of anilines is 2. The molecule has 34 heavy (non-hydrogen) atoms. The number of amides is 2. The Bertz CT molecular complexity index is 1450. The highest BCUT2D eigenvalue weighted by molar-refractivity contribution is 6.36. The average molecular weight is 443 g/mol. The molecule has 4 aromatic rings. The van der Waals surface area contributed by atoms with Crippen molar-refractivity contribution in [1.29, 1.82) is 0 Å². The Balaban J connectivity index is 1.57. The Morgan fingerprint density at radius 2 is 1.03 bits per heavy atom. The zero-order chi connectivity index (χ0) is 23.0. The van der Waals surface area contributed by atoms with Crippen molar-refractivity contribution >= 4 is 23.2 Å². The first-order chi connectivity index (χ1) is 16.6. The summed E-state index contributed by atoms with van der Waals surface area (Å²) in [6.45, 7) is 0. The van der Waals surface area contributed by atoms with Crippen LogP contribution in [0.4, 0.5) is 11.4 Å². The summed E-state index contributed by atoms with van der Waals surface area (Å²) >= 11 is 0. The summed E-state index contributed by atoms with van der Waals surface area (Å²) in [6.07, 6.45) is 3.22. The topological polar surface area (TPSA) is 63.4 Å². The largest absolute Gasteiger partial charge is 0.399 e. The number of hydrogen-bond donors (Lipinski definition) is 1. The highest BCUT2D eigenvalue weighted by Crippen LogP contribution is 2.50. The number of fused-ring (bicyclic) bond motifs is 10. The van der Waals surface area contributed by atoms with Crippen molar-refractivity contribution in [2.24, 2.45) is 0 Å². The molecular formula is C30H22N2O2. The Hall–Kier alpha value is -4.18. The summed E-state index contributed by atoms with van der Waals surface area (Å²) in [5.74, 6) is -0.441. The number of hydrogen-bond acceptors (Lipinski definition) is 3. The maximum atomic E-state index is 13.9. The van der Waals surface area contributed by atoms with E-state index in [4.69, 9.17) is 5.73 Å². The number of aryl methyl sites for hydroxylation is 2. The molecule has 0 saturated carbocycles. The summed E-state index contributed by atoms with van der Waals surface area (Å²) < 4.78 is 0. The third-order valence-electron chi connectivity index (χ3n) is 7.55. The van der Waals surface area contributed by atoms with Gasteiger partial charge in [-0.1, -0.05) is 48.5 Å². The lowest BCUT2D eigenvalue weighted by atomic mass is 9.72. The summed E-state index contributed by atoms with van der Waals surface area (Å²) in [7, 11) is 0. The van der Waals surface area contributed by atoms with Crippen LogP contribution in [0.2, 0.25) is 0 Å².